The molecule has 0 bridgehead atoms. The van der Waals surface area contributed by atoms with Gasteiger partial charge in [0, 0.05) is 25.7 Å². The van der Waals surface area contributed by atoms with Gasteiger partial charge in [0.05, 0.1) is 26.4 Å². The summed E-state index contributed by atoms with van der Waals surface area (Å²) in [6, 6.07) is 0. The predicted octanol–water partition coefficient (Wildman–Crippen LogP) is 21.7. The standard InChI is InChI=1S/C75H146O17P2/c1-65(2)51-43-35-27-20-14-12-10-9-11-13-15-24-32-41-49-57-74(79)91-70(61-85-72(77)55-47-39-31-23-18-16-21-28-36-44-52-66(3)4)63-89-93(81,82)87-59-69(76)60-88-94(83,84)90-64-71(62-86-73(78)56-48-40-34-26-30-38-46-54-68(7)8)92-75(80)58-50-42-33-25-19-17-22-29-37-45-53-67(5)6/h65-71,76H,9-64H2,1-8H3,(H,81,82)(H,83,84)/t69?,70-,71-/m1/s1. The Morgan fingerprint density at radius 1 is 0.266 bits per heavy atom. The molecule has 0 radical (unpaired) electrons. The van der Waals surface area contributed by atoms with Crippen LogP contribution in [0.2, 0.25) is 0 Å². The predicted molar refractivity (Wildman–Crippen MR) is 381 cm³/mol. The molecule has 0 aliphatic heterocycles. The molecule has 0 aliphatic carbocycles. The van der Waals surface area contributed by atoms with E-state index in [1.54, 1.807) is 0 Å². The highest BCUT2D eigenvalue weighted by atomic mass is 31.2. The fraction of sp³-hybridized carbons (Fsp3) is 0.947. The maximum atomic E-state index is 13.1. The summed E-state index contributed by atoms with van der Waals surface area (Å²) in [4.78, 5) is 72.8. The van der Waals surface area contributed by atoms with Crippen molar-refractivity contribution in [1.82, 2.24) is 0 Å². The van der Waals surface area contributed by atoms with Crippen LogP contribution in [0.25, 0.3) is 0 Å². The smallest absolute Gasteiger partial charge is 0.462 e. The third kappa shape index (κ3) is 68.6. The normalized spacial score (nSPS) is 14.2. The van der Waals surface area contributed by atoms with Gasteiger partial charge < -0.3 is 33.8 Å². The van der Waals surface area contributed by atoms with Crippen molar-refractivity contribution in [3.05, 3.63) is 0 Å². The van der Waals surface area contributed by atoms with Gasteiger partial charge >= 0.3 is 39.5 Å². The molecule has 0 spiro atoms. The molecule has 0 saturated carbocycles. The summed E-state index contributed by atoms with van der Waals surface area (Å²) in [5.41, 5.74) is 0. The number of carbonyl (C=O) groups is 4. The average molecular weight is 1380 g/mol. The number of ether oxygens (including phenoxy) is 4. The minimum atomic E-state index is -4.96. The van der Waals surface area contributed by atoms with Crippen molar-refractivity contribution in [3.63, 3.8) is 0 Å². The van der Waals surface area contributed by atoms with Gasteiger partial charge in [-0.2, -0.15) is 0 Å². The highest BCUT2D eigenvalue weighted by molar-refractivity contribution is 7.47. The number of esters is 4. The summed E-state index contributed by atoms with van der Waals surface area (Å²) in [5.74, 6) is 0.895. The third-order valence-electron chi connectivity index (χ3n) is 17.3. The number of rotatable bonds is 72. The summed E-state index contributed by atoms with van der Waals surface area (Å²) in [6.45, 7) is 14.1. The van der Waals surface area contributed by atoms with Gasteiger partial charge in [0.1, 0.15) is 19.3 Å². The Balaban J connectivity index is 5.25. The van der Waals surface area contributed by atoms with Crippen LogP contribution in [0.1, 0.15) is 376 Å². The Labute approximate surface area is 575 Å². The lowest BCUT2D eigenvalue weighted by molar-refractivity contribution is -0.161. The zero-order valence-corrected chi connectivity index (χ0v) is 63.4. The number of unbranched alkanes of at least 4 members (excludes halogenated alkanes) is 38. The summed E-state index contributed by atoms with van der Waals surface area (Å²) in [7, 11) is -9.91. The van der Waals surface area contributed by atoms with Gasteiger partial charge in [-0.3, -0.25) is 37.3 Å². The van der Waals surface area contributed by atoms with Gasteiger partial charge in [0.2, 0.25) is 0 Å². The number of phosphoric ester groups is 2. The maximum absolute atomic E-state index is 13.1. The number of aliphatic hydroxyl groups is 1. The van der Waals surface area contributed by atoms with Crippen molar-refractivity contribution < 1.29 is 80.2 Å². The molecule has 0 aromatic carbocycles. The van der Waals surface area contributed by atoms with E-state index < -0.39 is 97.5 Å². The van der Waals surface area contributed by atoms with E-state index >= 15 is 0 Å². The largest absolute Gasteiger partial charge is 0.472 e. The molecule has 0 heterocycles. The number of phosphoric acid groups is 2. The van der Waals surface area contributed by atoms with E-state index in [4.69, 9.17) is 37.0 Å². The Morgan fingerprint density at radius 3 is 0.660 bits per heavy atom. The first-order valence-electron chi connectivity index (χ1n) is 38.7. The lowest BCUT2D eigenvalue weighted by atomic mass is 10.0. The molecule has 0 rings (SSSR count). The molecule has 558 valence electrons. The quantitative estimate of drug-likeness (QED) is 0.0222. The molecule has 0 aromatic heterocycles. The molecule has 3 N–H and O–H groups in total. The fourth-order valence-electron chi connectivity index (χ4n) is 11.4. The Kier molecular flexibility index (Phi) is 63.1. The second-order valence-electron chi connectivity index (χ2n) is 28.9. The van der Waals surface area contributed by atoms with Gasteiger partial charge in [-0.1, -0.05) is 325 Å². The Morgan fingerprint density at radius 2 is 0.447 bits per heavy atom. The van der Waals surface area contributed by atoms with E-state index in [0.29, 0.717) is 31.6 Å². The van der Waals surface area contributed by atoms with Crippen LogP contribution in [0.15, 0.2) is 0 Å². The van der Waals surface area contributed by atoms with Crippen LogP contribution >= 0.6 is 15.6 Å². The van der Waals surface area contributed by atoms with Gasteiger partial charge in [-0.05, 0) is 49.4 Å². The van der Waals surface area contributed by atoms with Gasteiger partial charge in [0.25, 0.3) is 0 Å². The lowest BCUT2D eigenvalue weighted by Crippen LogP contribution is -2.30. The van der Waals surface area contributed by atoms with Crippen LogP contribution in [-0.4, -0.2) is 96.7 Å². The van der Waals surface area contributed by atoms with Gasteiger partial charge in [-0.25, -0.2) is 9.13 Å². The lowest BCUT2D eigenvalue weighted by Gasteiger charge is -2.21. The molecule has 0 aromatic rings. The minimum absolute atomic E-state index is 0.105. The van der Waals surface area contributed by atoms with Crippen LogP contribution in [-0.2, 0) is 65.4 Å². The van der Waals surface area contributed by atoms with Crippen LogP contribution in [0.5, 0.6) is 0 Å². The topological polar surface area (TPSA) is 237 Å². The Hall–Kier alpha value is -1.94. The van der Waals surface area contributed by atoms with E-state index in [2.05, 4.69) is 55.4 Å². The van der Waals surface area contributed by atoms with Crippen LogP contribution in [0, 0.1) is 23.7 Å². The number of hydrogen-bond acceptors (Lipinski definition) is 15. The molecular formula is C75H146O17P2. The second kappa shape index (κ2) is 64.4. The molecule has 94 heavy (non-hydrogen) atoms. The fourth-order valence-corrected chi connectivity index (χ4v) is 13.0. The molecule has 0 aliphatic rings. The van der Waals surface area contributed by atoms with Crippen molar-refractivity contribution >= 4 is 39.5 Å². The van der Waals surface area contributed by atoms with Crippen molar-refractivity contribution in [2.75, 3.05) is 39.6 Å². The zero-order chi connectivity index (χ0) is 69.6. The van der Waals surface area contributed by atoms with Crippen LogP contribution in [0.4, 0.5) is 0 Å². The summed E-state index contributed by atoms with van der Waals surface area (Å²) >= 11 is 0. The molecule has 0 saturated heterocycles. The van der Waals surface area contributed by atoms with E-state index in [9.17, 15) is 43.2 Å². The monoisotopic (exact) mass is 1380 g/mol. The average Bonchev–Trinajstić information content (AvgIpc) is 2.83. The number of hydrogen-bond donors (Lipinski definition) is 3. The number of carbonyl (C=O) groups excluding carboxylic acids is 4. The second-order valence-corrected chi connectivity index (χ2v) is 31.9. The van der Waals surface area contributed by atoms with Crippen molar-refractivity contribution in [2.45, 2.75) is 395 Å². The van der Waals surface area contributed by atoms with Crippen molar-refractivity contribution in [3.8, 4) is 0 Å². The first-order chi connectivity index (χ1) is 45.1. The zero-order valence-electron chi connectivity index (χ0n) is 61.6. The molecular weight excluding hydrogens is 1230 g/mol. The molecule has 19 heteroatoms. The summed E-state index contributed by atoms with van der Waals surface area (Å²) < 4.78 is 68.5. The summed E-state index contributed by atoms with van der Waals surface area (Å²) in [6.07, 6.45) is 48.6. The first kappa shape index (κ1) is 92.1. The molecule has 3 unspecified atom stereocenters. The number of aliphatic hydroxyl groups excluding tert-OH is 1. The van der Waals surface area contributed by atoms with Crippen molar-refractivity contribution in [1.29, 1.82) is 0 Å². The molecule has 0 amide bonds. The van der Waals surface area contributed by atoms with Crippen molar-refractivity contribution in [2.24, 2.45) is 23.7 Å². The van der Waals surface area contributed by atoms with Crippen LogP contribution < -0.4 is 0 Å². The van der Waals surface area contributed by atoms with E-state index in [-0.39, 0.29) is 25.7 Å². The third-order valence-corrected chi connectivity index (χ3v) is 19.2. The van der Waals surface area contributed by atoms with E-state index in [1.165, 1.54) is 173 Å². The molecule has 17 nitrogen and oxygen atoms in total. The molecule has 0 fully saturated rings. The van der Waals surface area contributed by atoms with E-state index in [0.717, 1.165) is 114 Å². The minimum Gasteiger partial charge on any atom is -0.462 e. The van der Waals surface area contributed by atoms with E-state index in [1.807, 2.05) is 0 Å². The van der Waals surface area contributed by atoms with Gasteiger partial charge in [0.15, 0.2) is 12.2 Å². The highest BCUT2D eigenvalue weighted by Gasteiger charge is 2.30. The highest BCUT2D eigenvalue weighted by Crippen LogP contribution is 2.45. The molecule has 5 atom stereocenters. The first-order valence-corrected chi connectivity index (χ1v) is 41.7. The van der Waals surface area contributed by atoms with Gasteiger partial charge in [-0.15, -0.1) is 0 Å². The Bertz CT molecular complexity index is 1850. The summed E-state index contributed by atoms with van der Waals surface area (Å²) in [5, 5.41) is 10.6. The SMILES string of the molecule is CC(C)CCCCCCCCCCCCCCCCCC(=O)O[C@H](COC(=O)CCCCCCCCCCCCC(C)C)COP(=O)(O)OCC(O)COP(=O)(O)OC[C@@H](COC(=O)CCCCCCCCCC(C)C)OC(=O)CCCCCCCCCCCCC(C)C. The van der Waals surface area contributed by atoms with Crippen LogP contribution in [0.3, 0.4) is 0 Å². The maximum Gasteiger partial charge on any atom is 0.472 e.